The Morgan fingerprint density at radius 2 is 1.47 bits per heavy atom. The first kappa shape index (κ1) is 11.4. The smallest absolute Gasteiger partial charge is 0.00698 e. The molecule has 0 amide bonds. The lowest BCUT2D eigenvalue weighted by atomic mass is 9.83. The average molecular weight is 209 g/mol. The van der Waals surface area contributed by atoms with Crippen LogP contribution in [0.3, 0.4) is 0 Å². The minimum absolute atomic E-state index is 0.862. The first-order valence-electron chi connectivity index (χ1n) is 7.14. The molecule has 2 saturated carbocycles. The van der Waals surface area contributed by atoms with Crippen molar-refractivity contribution < 1.29 is 0 Å². The lowest BCUT2D eigenvalue weighted by Crippen LogP contribution is -2.39. The van der Waals surface area contributed by atoms with Crippen LogP contribution < -0.4 is 5.32 Å². The Morgan fingerprint density at radius 3 is 2.07 bits per heavy atom. The molecule has 0 aliphatic heterocycles. The number of nitrogens with one attached hydrogen (secondary N) is 1. The van der Waals surface area contributed by atoms with E-state index in [1.807, 2.05) is 0 Å². The van der Waals surface area contributed by atoms with Crippen LogP contribution in [0.15, 0.2) is 0 Å². The van der Waals surface area contributed by atoms with Crippen molar-refractivity contribution in [1.29, 1.82) is 0 Å². The fourth-order valence-electron chi connectivity index (χ4n) is 3.45. The van der Waals surface area contributed by atoms with Gasteiger partial charge in [-0.3, -0.25) is 0 Å². The van der Waals surface area contributed by atoms with Gasteiger partial charge in [0.1, 0.15) is 0 Å². The van der Waals surface area contributed by atoms with Gasteiger partial charge < -0.3 is 5.32 Å². The largest absolute Gasteiger partial charge is 0.311 e. The van der Waals surface area contributed by atoms with Crippen LogP contribution in [-0.2, 0) is 0 Å². The van der Waals surface area contributed by atoms with E-state index in [1.165, 1.54) is 64.2 Å². The minimum atomic E-state index is 0.862. The SMILES string of the molecule is CCCC1CCC(NC2CCCC2)CC1. The maximum absolute atomic E-state index is 3.88. The van der Waals surface area contributed by atoms with Gasteiger partial charge in [-0.1, -0.05) is 32.6 Å². The predicted octanol–water partition coefficient (Wildman–Crippen LogP) is 3.88. The van der Waals surface area contributed by atoms with Gasteiger partial charge in [-0.2, -0.15) is 0 Å². The molecule has 0 aromatic rings. The van der Waals surface area contributed by atoms with Crippen molar-refractivity contribution in [3.8, 4) is 0 Å². The van der Waals surface area contributed by atoms with E-state index in [-0.39, 0.29) is 0 Å². The molecule has 0 aromatic heterocycles. The van der Waals surface area contributed by atoms with E-state index < -0.39 is 0 Å². The van der Waals surface area contributed by atoms with E-state index in [2.05, 4.69) is 12.2 Å². The molecule has 1 N–H and O–H groups in total. The Kier molecular flexibility index (Phi) is 4.49. The van der Waals surface area contributed by atoms with Crippen LogP contribution in [0.1, 0.15) is 71.1 Å². The Bertz CT molecular complexity index is 164. The van der Waals surface area contributed by atoms with Gasteiger partial charge in [-0.25, -0.2) is 0 Å². The van der Waals surface area contributed by atoms with Crippen LogP contribution in [0.2, 0.25) is 0 Å². The summed E-state index contributed by atoms with van der Waals surface area (Å²) < 4.78 is 0. The van der Waals surface area contributed by atoms with E-state index in [0.29, 0.717) is 0 Å². The lowest BCUT2D eigenvalue weighted by Gasteiger charge is -2.31. The van der Waals surface area contributed by atoms with E-state index >= 15 is 0 Å². The van der Waals surface area contributed by atoms with Crippen molar-refractivity contribution in [2.45, 2.75) is 83.2 Å². The molecule has 2 fully saturated rings. The summed E-state index contributed by atoms with van der Waals surface area (Å²) in [5, 5.41) is 3.88. The van der Waals surface area contributed by atoms with Crippen molar-refractivity contribution >= 4 is 0 Å². The number of hydrogen-bond donors (Lipinski definition) is 1. The first-order valence-corrected chi connectivity index (χ1v) is 7.14. The molecule has 0 bridgehead atoms. The summed E-state index contributed by atoms with van der Waals surface area (Å²) in [4.78, 5) is 0. The van der Waals surface area contributed by atoms with Gasteiger partial charge in [-0.05, 0) is 44.4 Å². The van der Waals surface area contributed by atoms with Crippen LogP contribution in [0.5, 0.6) is 0 Å². The normalized spacial score (nSPS) is 33.4. The Morgan fingerprint density at radius 1 is 0.867 bits per heavy atom. The number of rotatable bonds is 4. The molecule has 88 valence electrons. The van der Waals surface area contributed by atoms with Crippen LogP contribution in [0.4, 0.5) is 0 Å². The highest BCUT2D eigenvalue weighted by Crippen LogP contribution is 2.29. The quantitative estimate of drug-likeness (QED) is 0.741. The maximum atomic E-state index is 3.88. The highest BCUT2D eigenvalue weighted by atomic mass is 15.0. The van der Waals surface area contributed by atoms with Gasteiger partial charge in [0.15, 0.2) is 0 Å². The third-order valence-corrected chi connectivity index (χ3v) is 4.37. The summed E-state index contributed by atoms with van der Waals surface area (Å²) >= 11 is 0. The molecule has 0 atom stereocenters. The first-order chi connectivity index (χ1) is 7.38. The molecule has 0 spiro atoms. The molecule has 0 saturated heterocycles. The zero-order chi connectivity index (χ0) is 10.5. The fourth-order valence-corrected chi connectivity index (χ4v) is 3.45. The molecule has 2 aliphatic carbocycles. The zero-order valence-corrected chi connectivity index (χ0v) is 10.3. The molecule has 2 aliphatic rings. The second-order valence-electron chi connectivity index (χ2n) is 5.65. The lowest BCUT2D eigenvalue weighted by molar-refractivity contribution is 0.263. The molecular weight excluding hydrogens is 182 g/mol. The van der Waals surface area contributed by atoms with E-state index in [0.717, 1.165) is 18.0 Å². The second kappa shape index (κ2) is 5.89. The Balaban J connectivity index is 1.64. The summed E-state index contributed by atoms with van der Waals surface area (Å²) in [6, 6.07) is 1.74. The van der Waals surface area contributed by atoms with Crippen molar-refractivity contribution in [3.63, 3.8) is 0 Å². The fraction of sp³-hybridized carbons (Fsp3) is 1.00. The van der Waals surface area contributed by atoms with Gasteiger partial charge in [0.2, 0.25) is 0 Å². The van der Waals surface area contributed by atoms with E-state index in [4.69, 9.17) is 0 Å². The predicted molar refractivity (Wildman–Crippen MR) is 66.0 cm³/mol. The van der Waals surface area contributed by atoms with Crippen LogP contribution in [-0.4, -0.2) is 12.1 Å². The standard InChI is InChI=1S/C14H27N/c1-2-5-12-8-10-14(11-9-12)15-13-6-3-4-7-13/h12-15H,2-11H2,1H3. The van der Waals surface area contributed by atoms with Crippen molar-refractivity contribution in [2.24, 2.45) is 5.92 Å². The highest BCUT2D eigenvalue weighted by Gasteiger charge is 2.23. The van der Waals surface area contributed by atoms with Crippen molar-refractivity contribution in [3.05, 3.63) is 0 Å². The monoisotopic (exact) mass is 209 g/mol. The Labute approximate surface area is 95.0 Å². The summed E-state index contributed by atoms with van der Waals surface area (Å²) in [5.74, 6) is 1.05. The van der Waals surface area contributed by atoms with E-state index in [1.54, 1.807) is 0 Å². The molecule has 0 aromatic carbocycles. The maximum Gasteiger partial charge on any atom is 0.00698 e. The van der Waals surface area contributed by atoms with Gasteiger partial charge >= 0.3 is 0 Å². The molecule has 0 unspecified atom stereocenters. The molecular formula is C14H27N. The summed E-state index contributed by atoms with van der Waals surface area (Å²) in [7, 11) is 0. The van der Waals surface area contributed by atoms with Crippen LogP contribution >= 0.6 is 0 Å². The third kappa shape index (κ3) is 3.48. The third-order valence-electron chi connectivity index (χ3n) is 4.37. The Hall–Kier alpha value is -0.0400. The molecule has 0 radical (unpaired) electrons. The van der Waals surface area contributed by atoms with Gasteiger partial charge in [0.25, 0.3) is 0 Å². The molecule has 15 heavy (non-hydrogen) atoms. The van der Waals surface area contributed by atoms with Gasteiger partial charge in [0.05, 0.1) is 0 Å². The average Bonchev–Trinajstić information content (AvgIpc) is 2.74. The summed E-state index contributed by atoms with van der Waals surface area (Å²) in [5.41, 5.74) is 0. The molecule has 2 rings (SSSR count). The molecule has 1 heteroatoms. The van der Waals surface area contributed by atoms with E-state index in [9.17, 15) is 0 Å². The summed E-state index contributed by atoms with van der Waals surface area (Å²) in [6.45, 7) is 2.32. The van der Waals surface area contributed by atoms with Gasteiger partial charge in [0, 0.05) is 12.1 Å². The van der Waals surface area contributed by atoms with Crippen molar-refractivity contribution in [2.75, 3.05) is 0 Å². The molecule has 1 nitrogen and oxygen atoms in total. The highest BCUT2D eigenvalue weighted by molar-refractivity contribution is 4.82. The minimum Gasteiger partial charge on any atom is -0.311 e. The molecule has 0 heterocycles. The zero-order valence-electron chi connectivity index (χ0n) is 10.3. The van der Waals surface area contributed by atoms with Crippen LogP contribution in [0, 0.1) is 5.92 Å². The van der Waals surface area contributed by atoms with Crippen molar-refractivity contribution in [1.82, 2.24) is 5.32 Å². The van der Waals surface area contributed by atoms with Gasteiger partial charge in [-0.15, -0.1) is 0 Å². The summed E-state index contributed by atoms with van der Waals surface area (Å²) in [6.07, 6.45) is 14.5. The van der Waals surface area contributed by atoms with Crippen LogP contribution in [0.25, 0.3) is 0 Å². The number of hydrogen-bond acceptors (Lipinski definition) is 1. The topological polar surface area (TPSA) is 12.0 Å². The second-order valence-corrected chi connectivity index (χ2v) is 5.65.